The Balaban J connectivity index is 1.44. The number of hydrogen-bond acceptors (Lipinski definition) is 1. The molecule has 7 aromatic rings. The third kappa shape index (κ3) is 4.16. The van der Waals surface area contributed by atoms with E-state index in [0.29, 0.717) is 0 Å². The molecule has 0 saturated heterocycles. The van der Waals surface area contributed by atoms with E-state index in [0.717, 1.165) is 24.2 Å². The summed E-state index contributed by atoms with van der Waals surface area (Å²) in [6.07, 6.45) is 7.97. The lowest BCUT2D eigenvalue weighted by atomic mass is 9.83. The molecule has 44 heavy (non-hydrogen) atoms. The molecule has 0 N–H and O–H groups in total. The Kier molecular flexibility index (Phi) is 6.38. The van der Waals surface area contributed by atoms with E-state index in [1.54, 1.807) is 0 Å². The molecule has 210 valence electrons. The first-order chi connectivity index (χ1) is 21.7. The fraction of sp³-hybridized carbons (Fsp3) is 0.0698. The summed E-state index contributed by atoms with van der Waals surface area (Å²) in [6, 6.07) is 44.0. The SMILES string of the molecule is C=C/C=C\C1=C(C)CCc2c1oc1cccc(-c3c4ccccc4c(-c4cccc(-c5ccccc5)c4)c4ccccc34)c21. The predicted octanol–water partition coefficient (Wildman–Crippen LogP) is 12.2. The molecule has 1 nitrogen and oxygen atoms in total. The van der Waals surface area contributed by atoms with Gasteiger partial charge in [-0.3, -0.25) is 0 Å². The topological polar surface area (TPSA) is 13.1 Å². The average Bonchev–Trinajstić information content (AvgIpc) is 3.46. The van der Waals surface area contributed by atoms with E-state index in [-0.39, 0.29) is 0 Å². The Labute approximate surface area is 258 Å². The first-order valence-electron chi connectivity index (χ1n) is 15.4. The summed E-state index contributed by atoms with van der Waals surface area (Å²) in [5.74, 6) is 0.997. The van der Waals surface area contributed by atoms with Crippen LogP contribution in [0.3, 0.4) is 0 Å². The monoisotopic (exact) mass is 564 g/mol. The molecular formula is C43H32O. The van der Waals surface area contributed by atoms with E-state index in [2.05, 4.69) is 141 Å². The molecule has 8 rings (SSSR count). The van der Waals surface area contributed by atoms with Crippen LogP contribution in [0.4, 0.5) is 0 Å². The summed E-state index contributed by atoms with van der Waals surface area (Å²) in [5.41, 5.74) is 12.2. The Morgan fingerprint density at radius 1 is 0.614 bits per heavy atom. The van der Waals surface area contributed by atoms with Crippen LogP contribution in [0.1, 0.15) is 24.7 Å². The van der Waals surface area contributed by atoms with Crippen molar-refractivity contribution >= 4 is 38.1 Å². The van der Waals surface area contributed by atoms with Crippen molar-refractivity contribution in [3.63, 3.8) is 0 Å². The van der Waals surface area contributed by atoms with Gasteiger partial charge >= 0.3 is 0 Å². The minimum atomic E-state index is 0.944. The zero-order chi connectivity index (χ0) is 29.6. The molecule has 1 heteroatoms. The molecule has 0 saturated carbocycles. The van der Waals surface area contributed by atoms with Crippen molar-refractivity contribution < 1.29 is 4.42 Å². The number of hydrogen-bond donors (Lipinski definition) is 0. The van der Waals surface area contributed by atoms with Crippen molar-refractivity contribution in [3.8, 4) is 33.4 Å². The van der Waals surface area contributed by atoms with Crippen molar-refractivity contribution in [2.24, 2.45) is 0 Å². The lowest BCUT2D eigenvalue weighted by Crippen LogP contribution is -2.00. The van der Waals surface area contributed by atoms with Crippen molar-refractivity contribution in [2.45, 2.75) is 19.8 Å². The first-order valence-corrected chi connectivity index (χ1v) is 15.4. The van der Waals surface area contributed by atoms with Crippen LogP contribution in [0.2, 0.25) is 0 Å². The number of aryl methyl sites for hydroxylation is 1. The van der Waals surface area contributed by atoms with Gasteiger partial charge in [-0.25, -0.2) is 0 Å². The van der Waals surface area contributed by atoms with Crippen LogP contribution in [0.15, 0.2) is 156 Å². The molecule has 0 unspecified atom stereocenters. The Bertz CT molecular complexity index is 2230. The number of benzene rings is 6. The standard InChI is InChI=1S/C43H32O/c1-3-4-18-32-28(2)25-26-38-42-37(23-13-24-39(42)44-43(32)38)41-35-21-10-8-19-33(35)40(34-20-9-11-22-36(34)41)31-17-12-16-30(27-31)29-14-6-5-7-15-29/h3-24,27H,1,25-26H2,2H3/b18-4-. The van der Waals surface area contributed by atoms with E-state index in [9.17, 15) is 0 Å². The number of furan rings is 1. The Morgan fingerprint density at radius 3 is 1.93 bits per heavy atom. The number of allylic oxidation sites excluding steroid dienone is 5. The highest BCUT2D eigenvalue weighted by atomic mass is 16.3. The summed E-state index contributed by atoms with van der Waals surface area (Å²) in [6.45, 7) is 6.10. The molecule has 6 aromatic carbocycles. The third-order valence-electron chi connectivity index (χ3n) is 9.13. The summed E-state index contributed by atoms with van der Waals surface area (Å²) in [5, 5.41) is 6.25. The van der Waals surface area contributed by atoms with Gasteiger partial charge in [0.2, 0.25) is 0 Å². The van der Waals surface area contributed by atoms with E-state index in [1.807, 2.05) is 12.2 Å². The number of rotatable bonds is 5. The lowest BCUT2D eigenvalue weighted by Gasteiger charge is -2.19. The molecule has 1 heterocycles. The van der Waals surface area contributed by atoms with Crippen LogP contribution < -0.4 is 0 Å². The van der Waals surface area contributed by atoms with Crippen LogP contribution in [0.5, 0.6) is 0 Å². The predicted molar refractivity (Wildman–Crippen MR) is 188 cm³/mol. The lowest BCUT2D eigenvalue weighted by molar-refractivity contribution is 0.589. The van der Waals surface area contributed by atoms with Gasteiger partial charge < -0.3 is 4.42 Å². The van der Waals surface area contributed by atoms with Crippen LogP contribution in [-0.2, 0) is 6.42 Å². The van der Waals surface area contributed by atoms with Crippen LogP contribution in [0.25, 0.3) is 71.5 Å². The second kappa shape index (κ2) is 10.7. The third-order valence-corrected chi connectivity index (χ3v) is 9.13. The van der Waals surface area contributed by atoms with Gasteiger partial charge in [0.25, 0.3) is 0 Å². The maximum absolute atomic E-state index is 6.66. The zero-order valence-corrected chi connectivity index (χ0v) is 24.8. The quantitative estimate of drug-likeness (QED) is 0.150. The molecule has 0 fully saturated rings. The van der Waals surface area contributed by atoms with Gasteiger partial charge in [-0.1, -0.05) is 140 Å². The largest absolute Gasteiger partial charge is 0.456 e. The highest BCUT2D eigenvalue weighted by molar-refractivity contribution is 6.23. The van der Waals surface area contributed by atoms with Crippen molar-refractivity contribution in [2.75, 3.05) is 0 Å². The maximum atomic E-state index is 6.66. The van der Waals surface area contributed by atoms with E-state index < -0.39 is 0 Å². The van der Waals surface area contributed by atoms with E-state index in [4.69, 9.17) is 4.42 Å². The minimum Gasteiger partial charge on any atom is -0.456 e. The van der Waals surface area contributed by atoms with Gasteiger partial charge in [0, 0.05) is 16.5 Å². The molecule has 0 radical (unpaired) electrons. The van der Waals surface area contributed by atoms with Gasteiger partial charge in [-0.05, 0) is 86.8 Å². The molecule has 0 amide bonds. The zero-order valence-electron chi connectivity index (χ0n) is 24.8. The Hall–Kier alpha value is -5.40. The van der Waals surface area contributed by atoms with E-state index in [1.165, 1.54) is 77.0 Å². The van der Waals surface area contributed by atoms with Crippen molar-refractivity contribution in [1.29, 1.82) is 0 Å². The van der Waals surface area contributed by atoms with Crippen LogP contribution >= 0.6 is 0 Å². The normalized spacial score (nSPS) is 13.3. The van der Waals surface area contributed by atoms with Crippen molar-refractivity contribution in [1.82, 2.24) is 0 Å². The van der Waals surface area contributed by atoms with Gasteiger partial charge in [0.1, 0.15) is 11.3 Å². The summed E-state index contributed by atoms with van der Waals surface area (Å²) < 4.78 is 6.66. The minimum absolute atomic E-state index is 0.944. The fourth-order valence-electron chi connectivity index (χ4n) is 7.11. The van der Waals surface area contributed by atoms with Crippen LogP contribution in [0, 0.1) is 0 Å². The molecule has 1 aromatic heterocycles. The maximum Gasteiger partial charge on any atom is 0.138 e. The van der Waals surface area contributed by atoms with Gasteiger partial charge in [-0.15, -0.1) is 0 Å². The smallest absolute Gasteiger partial charge is 0.138 e. The second-order valence-electron chi connectivity index (χ2n) is 11.7. The Morgan fingerprint density at radius 2 is 1.23 bits per heavy atom. The van der Waals surface area contributed by atoms with Crippen molar-refractivity contribution in [3.05, 3.63) is 163 Å². The summed E-state index contributed by atoms with van der Waals surface area (Å²) >= 11 is 0. The molecule has 1 aliphatic rings. The van der Waals surface area contributed by atoms with E-state index >= 15 is 0 Å². The fourth-order valence-corrected chi connectivity index (χ4v) is 7.11. The first kappa shape index (κ1) is 26.2. The molecule has 0 atom stereocenters. The van der Waals surface area contributed by atoms with Gasteiger partial charge in [-0.2, -0.15) is 0 Å². The highest BCUT2D eigenvalue weighted by Crippen LogP contribution is 2.48. The molecular weight excluding hydrogens is 532 g/mol. The molecule has 0 bridgehead atoms. The van der Waals surface area contributed by atoms with Gasteiger partial charge in [0.05, 0.1) is 0 Å². The molecule has 1 aliphatic carbocycles. The molecule has 0 spiro atoms. The molecule has 0 aliphatic heterocycles. The van der Waals surface area contributed by atoms with Gasteiger partial charge in [0.15, 0.2) is 0 Å². The average molecular weight is 565 g/mol. The van der Waals surface area contributed by atoms with Crippen LogP contribution in [-0.4, -0.2) is 0 Å². The summed E-state index contributed by atoms with van der Waals surface area (Å²) in [4.78, 5) is 0. The number of fused-ring (bicyclic) bond motifs is 5. The highest BCUT2D eigenvalue weighted by Gasteiger charge is 2.26. The second-order valence-corrected chi connectivity index (χ2v) is 11.7. The summed E-state index contributed by atoms with van der Waals surface area (Å²) in [7, 11) is 0.